The van der Waals surface area contributed by atoms with Crippen molar-refractivity contribution in [2.45, 2.75) is 49.7 Å². The SMILES string of the molecule is CCCCc1ccc(NC(=O)Cn2cc(OC)c(=O)cc2CSc2nc(C)cs2)cc1. The molecule has 1 N–H and O–H groups in total. The Morgan fingerprint density at radius 1 is 1.29 bits per heavy atom. The average molecular weight is 458 g/mol. The van der Waals surface area contributed by atoms with E-state index in [9.17, 15) is 9.59 Å². The van der Waals surface area contributed by atoms with Crippen LogP contribution in [0.4, 0.5) is 5.69 Å². The van der Waals surface area contributed by atoms with Gasteiger partial charge in [0.1, 0.15) is 10.9 Å². The highest BCUT2D eigenvalue weighted by atomic mass is 32.2. The van der Waals surface area contributed by atoms with E-state index in [1.54, 1.807) is 33.9 Å². The fraction of sp³-hybridized carbons (Fsp3) is 0.348. The quantitative estimate of drug-likeness (QED) is 0.439. The van der Waals surface area contributed by atoms with Crippen molar-refractivity contribution < 1.29 is 9.53 Å². The number of carbonyl (C=O) groups excluding carboxylic acids is 1. The van der Waals surface area contributed by atoms with Crippen molar-refractivity contribution in [3.63, 3.8) is 0 Å². The van der Waals surface area contributed by atoms with Gasteiger partial charge in [0.15, 0.2) is 5.75 Å². The fourth-order valence-electron chi connectivity index (χ4n) is 3.04. The maximum Gasteiger partial charge on any atom is 0.244 e. The lowest BCUT2D eigenvalue weighted by Gasteiger charge is -2.14. The molecular weight excluding hydrogens is 430 g/mol. The second kappa shape index (κ2) is 11.2. The largest absolute Gasteiger partial charge is 0.491 e. The van der Waals surface area contributed by atoms with Crippen molar-refractivity contribution in [2.75, 3.05) is 12.4 Å². The topological polar surface area (TPSA) is 73.2 Å². The first-order chi connectivity index (χ1) is 15.0. The van der Waals surface area contributed by atoms with Crippen molar-refractivity contribution >= 4 is 34.7 Å². The van der Waals surface area contributed by atoms with Gasteiger partial charge in [-0.2, -0.15) is 0 Å². The van der Waals surface area contributed by atoms with Gasteiger partial charge in [0.05, 0.1) is 13.3 Å². The molecule has 0 saturated carbocycles. The minimum absolute atomic E-state index is 0.0843. The summed E-state index contributed by atoms with van der Waals surface area (Å²) in [6.07, 6.45) is 4.95. The molecule has 2 heterocycles. The van der Waals surface area contributed by atoms with Gasteiger partial charge in [-0.25, -0.2) is 4.98 Å². The predicted octanol–water partition coefficient (Wildman–Crippen LogP) is 4.90. The Labute approximate surface area is 190 Å². The number of thiazole rings is 1. The lowest BCUT2D eigenvalue weighted by atomic mass is 10.1. The summed E-state index contributed by atoms with van der Waals surface area (Å²) in [7, 11) is 1.45. The zero-order valence-electron chi connectivity index (χ0n) is 18.0. The van der Waals surface area contributed by atoms with E-state index < -0.39 is 0 Å². The molecule has 0 atom stereocenters. The number of benzene rings is 1. The number of hydrogen-bond acceptors (Lipinski definition) is 6. The van der Waals surface area contributed by atoms with E-state index >= 15 is 0 Å². The van der Waals surface area contributed by atoms with Gasteiger partial charge in [-0.3, -0.25) is 9.59 Å². The van der Waals surface area contributed by atoms with Crippen LogP contribution in [0.5, 0.6) is 5.75 Å². The normalized spacial score (nSPS) is 10.8. The molecule has 1 aromatic carbocycles. The summed E-state index contributed by atoms with van der Waals surface area (Å²) >= 11 is 3.11. The number of pyridine rings is 1. The van der Waals surface area contributed by atoms with Crippen LogP contribution in [0, 0.1) is 6.92 Å². The first-order valence-electron chi connectivity index (χ1n) is 10.2. The molecule has 6 nitrogen and oxygen atoms in total. The van der Waals surface area contributed by atoms with Gasteiger partial charge in [0.2, 0.25) is 11.3 Å². The van der Waals surface area contributed by atoms with Crippen molar-refractivity contribution in [2.24, 2.45) is 0 Å². The monoisotopic (exact) mass is 457 g/mol. The molecule has 164 valence electrons. The Bertz CT molecular complexity index is 1070. The molecule has 0 aliphatic heterocycles. The summed E-state index contributed by atoms with van der Waals surface area (Å²) in [5.41, 5.74) is 3.54. The summed E-state index contributed by atoms with van der Waals surface area (Å²) < 4.78 is 7.86. The molecule has 31 heavy (non-hydrogen) atoms. The zero-order valence-corrected chi connectivity index (χ0v) is 19.6. The Balaban J connectivity index is 1.70. The second-order valence-electron chi connectivity index (χ2n) is 7.22. The molecule has 0 spiro atoms. The molecule has 3 aromatic rings. The number of unbranched alkanes of at least 4 members (excludes halogenated alkanes) is 1. The number of aryl methyl sites for hydroxylation is 2. The van der Waals surface area contributed by atoms with E-state index in [1.807, 2.05) is 36.6 Å². The number of anilines is 1. The van der Waals surface area contributed by atoms with Crippen LogP contribution >= 0.6 is 23.1 Å². The van der Waals surface area contributed by atoms with E-state index in [-0.39, 0.29) is 23.6 Å². The molecule has 8 heteroatoms. The third kappa shape index (κ3) is 6.70. The van der Waals surface area contributed by atoms with E-state index in [4.69, 9.17) is 4.74 Å². The molecule has 2 aromatic heterocycles. The summed E-state index contributed by atoms with van der Waals surface area (Å²) in [4.78, 5) is 29.4. The summed E-state index contributed by atoms with van der Waals surface area (Å²) in [6.45, 7) is 4.21. The Morgan fingerprint density at radius 2 is 2.06 bits per heavy atom. The molecule has 1 amide bonds. The van der Waals surface area contributed by atoms with Crippen LogP contribution in [0.2, 0.25) is 0 Å². The molecule has 3 rings (SSSR count). The summed E-state index contributed by atoms with van der Waals surface area (Å²) in [5.74, 6) is 0.585. The van der Waals surface area contributed by atoms with E-state index in [2.05, 4.69) is 17.2 Å². The van der Waals surface area contributed by atoms with Crippen LogP contribution in [-0.4, -0.2) is 22.6 Å². The lowest BCUT2D eigenvalue weighted by molar-refractivity contribution is -0.116. The number of methoxy groups -OCH3 is 1. The molecule has 0 bridgehead atoms. The highest BCUT2D eigenvalue weighted by Gasteiger charge is 2.12. The van der Waals surface area contributed by atoms with Crippen molar-refractivity contribution in [1.82, 2.24) is 9.55 Å². The minimum Gasteiger partial charge on any atom is -0.491 e. The second-order valence-corrected chi connectivity index (χ2v) is 9.30. The Kier molecular flexibility index (Phi) is 8.31. The van der Waals surface area contributed by atoms with Gasteiger partial charge in [0, 0.05) is 34.3 Å². The van der Waals surface area contributed by atoms with Crippen LogP contribution in [0.15, 0.2) is 51.0 Å². The van der Waals surface area contributed by atoms with Crippen LogP contribution in [0.1, 0.15) is 36.7 Å². The van der Waals surface area contributed by atoms with Gasteiger partial charge >= 0.3 is 0 Å². The Morgan fingerprint density at radius 3 is 2.71 bits per heavy atom. The summed E-state index contributed by atoms with van der Waals surface area (Å²) in [6, 6.07) is 9.48. The van der Waals surface area contributed by atoms with Gasteiger partial charge < -0.3 is 14.6 Å². The number of carbonyl (C=O) groups is 1. The molecule has 0 fully saturated rings. The van der Waals surface area contributed by atoms with Crippen LogP contribution in [0.3, 0.4) is 0 Å². The third-order valence-corrected chi connectivity index (χ3v) is 6.89. The summed E-state index contributed by atoms with van der Waals surface area (Å²) in [5, 5.41) is 4.92. The standard InChI is InChI=1S/C23H27N3O3S2/c1-4-5-6-17-7-9-18(10-8-17)25-22(28)13-26-12-21(29-3)20(27)11-19(26)15-31-23-24-16(2)14-30-23/h7-12,14H,4-6,13,15H2,1-3H3,(H,25,28). The van der Waals surface area contributed by atoms with E-state index in [1.165, 1.54) is 18.7 Å². The number of nitrogens with zero attached hydrogens (tertiary/aromatic N) is 2. The fourth-order valence-corrected chi connectivity index (χ4v) is 4.89. The van der Waals surface area contributed by atoms with Crippen molar-refractivity contribution in [1.29, 1.82) is 0 Å². The molecular formula is C23H27N3O3S2. The third-order valence-electron chi connectivity index (χ3n) is 4.71. The van der Waals surface area contributed by atoms with Crippen LogP contribution in [0.25, 0.3) is 0 Å². The average Bonchev–Trinajstić information content (AvgIpc) is 3.18. The maximum atomic E-state index is 12.7. The molecule has 0 aliphatic rings. The number of thioether (sulfide) groups is 1. The Hall–Kier alpha value is -2.58. The van der Waals surface area contributed by atoms with Crippen molar-refractivity contribution in [3.05, 3.63) is 69.1 Å². The first kappa shape index (κ1) is 23.1. The molecule has 0 radical (unpaired) electrons. The van der Waals surface area contributed by atoms with Gasteiger partial charge in [-0.05, 0) is 37.5 Å². The number of amides is 1. The minimum atomic E-state index is -0.201. The predicted molar refractivity (Wildman–Crippen MR) is 127 cm³/mol. The van der Waals surface area contributed by atoms with Gasteiger partial charge in [-0.1, -0.05) is 37.2 Å². The van der Waals surface area contributed by atoms with Crippen LogP contribution < -0.4 is 15.5 Å². The number of ether oxygens (including phenoxy) is 1. The number of rotatable bonds is 10. The van der Waals surface area contributed by atoms with Crippen LogP contribution in [-0.2, 0) is 23.5 Å². The number of nitrogens with one attached hydrogen (secondary N) is 1. The maximum absolute atomic E-state index is 12.7. The molecule has 0 unspecified atom stereocenters. The van der Waals surface area contributed by atoms with E-state index in [0.717, 1.165) is 40.7 Å². The zero-order chi connectivity index (χ0) is 22.2. The van der Waals surface area contributed by atoms with E-state index in [0.29, 0.717) is 5.75 Å². The number of aromatic nitrogens is 2. The van der Waals surface area contributed by atoms with Gasteiger partial charge in [0.25, 0.3) is 0 Å². The highest BCUT2D eigenvalue weighted by molar-refractivity contribution is 8.00. The first-order valence-corrected chi connectivity index (χ1v) is 12.1. The molecule has 0 saturated heterocycles. The highest BCUT2D eigenvalue weighted by Crippen LogP contribution is 2.26. The smallest absolute Gasteiger partial charge is 0.244 e. The van der Waals surface area contributed by atoms with Gasteiger partial charge in [-0.15, -0.1) is 11.3 Å². The van der Waals surface area contributed by atoms with Crippen molar-refractivity contribution in [3.8, 4) is 5.75 Å². The number of hydrogen-bond donors (Lipinski definition) is 1. The lowest BCUT2D eigenvalue weighted by Crippen LogP contribution is -2.22. The molecule has 0 aliphatic carbocycles.